The minimum atomic E-state index is -0.226. The van der Waals surface area contributed by atoms with E-state index in [1.54, 1.807) is 7.11 Å². The Bertz CT molecular complexity index is 1140. The van der Waals surface area contributed by atoms with Gasteiger partial charge in [0.15, 0.2) is 11.5 Å². The fourth-order valence-electron chi connectivity index (χ4n) is 6.23. The van der Waals surface area contributed by atoms with Crippen LogP contribution in [0.25, 0.3) is 0 Å². The van der Waals surface area contributed by atoms with Gasteiger partial charge in [-0.3, -0.25) is 4.90 Å². The van der Waals surface area contributed by atoms with Gasteiger partial charge in [-0.1, -0.05) is 24.3 Å². The van der Waals surface area contributed by atoms with Crippen LogP contribution in [-0.4, -0.2) is 60.4 Å². The highest BCUT2D eigenvalue weighted by Gasteiger charge is 2.50. The molecule has 2 heterocycles. The van der Waals surface area contributed by atoms with Crippen molar-refractivity contribution in [2.75, 3.05) is 25.5 Å². The van der Waals surface area contributed by atoms with E-state index in [1.165, 1.54) is 24.0 Å². The Morgan fingerprint density at radius 1 is 1.03 bits per heavy atom. The number of methoxy groups -OCH3 is 1. The number of amides is 3. The van der Waals surface area contributed by atoms with Crippen molar-refractivity contribution >= 4 is 17.8 Å². The van der Waals surface area contributed by atoms with Gasteiger partial charge in [0.1, 0.15) is 6.10 Å². The van der Waals surface area contributed by atoms with Crippen LogP contribution in [0.2, 0.25) is 0 Å². The first-order valence-electron chi connectivity index (χ1n) is 13.1. The topological polar surface area (TPSA) is 80.3 Å². The summed E-state index contributed by atoms with van der Waals surface area (Å²) in [6, 6.07) is 13.7. The number of hydrogen-bond acceptors (Lipinski definition) is 5. The smallest absolute Gasteiger partial charge is 0.411 e. The van der Waals surface area contributed by atoms with Gasteiger partial charge in [-0.05, 0) is 61.8 Å². The number of nitrogens with one attached hydrogen (secondary N) is 1. The van der Waals surface area contributed by atoms with E-state index in [1.807, 2.05) is 40.1 Å². The number of anilines is 1. The van der Waals surface area contributed by atoms with E-state index < -0.39 is 0 Å². The second-order valence-corrected chi connectivity index (χ2v) is 10.2. The largest absolute Gasteiger partial charge is 0.493 e. The van der Waals surface area contributed by atoms with Gasteiger partial charge in [0, 0.05) is 37.3 Å². The highest BCUT2D eigenvalue weighted by molar-refractivity contribution is 5.89. The van der Waals surface area contributed by atoms with Crippen LogP contribution in [0.3, 0.4) is 0 Å². The molecule has 8 nitrogen and oxygen atoms in total. The maximum Gasteiger partial charge on any atom is 0.411 e. The van der Waals surface area contributed by atoms with Crippen LogP contribution in [0, 0.1) is 0 Å². The molecular weight excluding hydrogens is 458 g/mol. The average molecular weight is 492 g/mol. The van der Waals surface area contributed by atoms with Gasteiger partial charge in [-0.25, -0.2) is 9.59 Å². The Morgan fingerprint density at radius 3 is 2.58 bits per heavy atom. The zero-order valence-corrected chi connectivity index (χ0v) is 20.7. The molecule has 0 unspecified atom stereocenters. The quantitative estimate of drug-likeness (QED) is 0.627. The molecule has 0 spiro atoms. The number of fused-ring (bicyclic) bond motifs is 3. The SMILES string of the molecule is COc1ccc(NC(=O)N2CCC(N3C(=O)O[C@@H]4Cc5ccccc5[C@@H]43)CC2)cc1OC1CCCC1. The molecule has 36 heavy (non-hydrogen) atoms. The van der Waals surface area contributed by atoms with Crippen LogP contribution in [0.15, 0.2) is 42.5 Å². The van der Waals surface area contributed by atoms with Gasteiger partial charge in [-0.15, -0.1) is 0 Å². The Labute approximate surface area is 211 Å². The lowest BCUT2D eigenvalue weighted by Crippen LogP contribution is -2.48. The maximum atomic E-state index is 13.1. The molecule has 2 aliphatic heterocycles. The standard InChI is InChI=1S/C28H33N3O5/c1-34-23-11-10-19(17-24(23)35-21-7-3-4-8-21)29-27(32)30-14-12-20(13-15-30)31-26-22-9-5-2-6-18(22)16-25(26)36-28(31)33/h2,5-6,9-11,17,20-21,25-26H,3-4,7-8,12-16H2,1H3,(H,29,32)/t25-,26+/m1/s1. The number of carbonyl (C=O) groups excluding carboxylic acids is 2. The number of ether oxygens (including phenoxy) is 3. The first-order chi connectivity index (χ1) is 17.6. The second-order valence-electron chi connectivity index (χ2n) is 10.2. The normalized spacial score (nSPS) is 23.9. The predicted octanol–water partition coefficient (Wildman–Crippen LogP) is 5.13. The van der Waals surface area contributed by atoms with Crippen molar-refractivity contribution in [3.63, 3.8) is 0 Å². The van der Waals surface area contributed by atoms with Crippen molar-refractivity contribution in [1.82, 2.24) is 9.80 Å². The molecule has 0 bridgehead atoms. The third kappa shape index (κ3) is 4.22. The summed E-state index contributed by atoms with van der Waals surface area (Å²) in [5.41, 5.74) is 3.14. The van der Waals surface area contributed by atoms with E-state index in [2.05, 4.69) is 17.4 Å². The Morgan fingerprint density at radius 2 is 1.81 bits per heavy atom. The van der Waals surface area contributed by atoms with Crippen molar-refractivity contribution < 1.29 is 23.8 Å². The van der Waals surface area contributed by atoms with Crippen molar-refractivity contribution in [2.24, 2.45) is 0 Å². The molecule has 3 fully saturated rings. The van der Waals surface area contributed by atoms with Crippen LogP contribution >= 0.6 is 0 Å². The second kappa shape index (κ2) is 9.56. The Kier molecular flexibility index (Phi) is 6.11. The summed E-state index contributed by atoms with van der Waals surface area (Å²) in [6.45, 7) is 1.17. The van der Waals surface area contributed by atoms with Crippen LogP contribution in [0.4, 0.5) is 15.3 Å². The highest BCUT2D eigenvalue weighted by atomic mass is 16.6. The van der Waals surface area contributed by atoms with E-state index in [-0.39, 0.29) is 36.4 Å². The molecule has 6 rings (SSSR count). The van der Waals surface area contributed by atoms with E-state index >= 15 is 0 Å². The Hall–Kier alpha value is -3.42. The third-order valence-electron chi connectivity index (χ3n) is 8.07. The molecule has 4 aliphatic rings. The molecule has 0 aromatic heterocycles. The van der Waals surface area contributed by atoms with Gasteiger partial charge in [0.05, 0.1) is 19.3 Å². The summed E-state index contributed by atoms with van der Waals surface area (Å²) in [4.78, 5) is 29.6. The number of nitrogens with zero attached hydrogens (tertiary/aromatic N) is 2. The number of likely N-dealkylation sites (tertiary alicyclic amines) is 1. The number of benzene rings is 2. The van der Waals surface area contributed by atoms with E-state index in [0.29, 0.717) is 30.3 Å². The molecule has 0 radical (unpaired) electrons. The third-order valence-corrected chi connectivity index (χ3v) is 8.07. The van der Waals surface area contributed by atoms with Crippen molar-refractivity contribution in [3.05, 3.63) is 53.6 Å². The van der Waals surface area contributed by atoms with Crippen molar-refractivity contribution in [1.29, 1.82) is 0 Å². The van der Waals surface area contributed by atoms with E-state index in [4.69, 9.17) is 14.2 Å². The zero-order chi connectivity index (χ0) is 24.6. The minimum absolute atomic E-state index is 0.0170. The first-order valence-corrected chi connectivity index (χ1v) is 13.1. The van der Waals surface area contributed by atoms with Crippen LogP contribution in [0.1, 0.15) is 55.7 Å². The van der Waals surface area contributed by atoms with Crippen molar-refractivity contribution in [2.45, 2.75) is 69.2 Å². The maximum absolute atomic E-state index is 13.1. The number of piperidine rings is 1. The fourth-order valence-corrected chi connectivity index (χ4v) is 6.23. The molecule has 3 amide bonds. The average Bonchev–Trinajstić information content (AvgIpc) is 3.60. The number of carbonyl (C=O) groups is 2. The summed E-state index contributed by atoms with van der Waals surface area (Å²) in [5.74, 6) is 1.34. The molecule has 8 heteroatoms. The summed E-state index contributed by atoms with van der Waals surface area (Å²) in [7, 11) is 1.63. The molecule has 1 saturated carbocycles. The predicted molar refractivity (Wildman–Crippen MR) is 134 cm³/mol. The lowest BCUT2D eigenvalue weighted by atomic mass is 9.99. The van der Waals surface area contributed by atoms with Gasteiger partial charge in [0.25, 0.3) is 0 Å². The van der Waals surface area contributed by atoms with E-state index in [9.17, 15) is 9.59 Å². The molecule has 190 valence electrons. The van der Waals surface area contributed by atoms with Gasteiger partial charge in [0.2, 0.25) is 0 Å². The fraction of sp³-hybridized carbons (Fsp3) is 0.500. The van der Waals surface area contributed by atoms with Gasteiger partial charge >= 0.3 is 12.1 Å². The number of urea groups is 1. The molecule has 2 saturated heterocycles. The first kappa shape index (κ1) is 23.0. The number of rotatable bonds is 5. The van der Waals surface area contributed by atoms with Crippen LogP contribution in [0.5, 0.6) is 11.5 Å². The molecule has 2 atom stereocenters. The lowest BCUT2D eigenvalue weighted by molar-refractivity contribution is 0.113. The van der Waals surface area contributed by atoms with Crippen molar-refractivity contribution in [3.8, 4) is 11.5 Å². The molecule has 2 aromatic rings. The Balaban J connectivity index is 1.08. The van der Waals surface area contributed by atoms with Gasteiger partial charge < -0.3 is 24.4 Å². The summed E-state index contributed by atoms with van der Waals surface area (Å²) in [5, 5.41) is 3.02. The zero-order valence-electron chi connectivity index (χ0n) is 20.7. The lowest BCUT2D eigenvalue weighted by Gasteiger charge is -2.37. The van der Waals surface area contributed by atoms with E-state index in [0.717, 1.165) is 32.1 Å². The minimum Gasteiger partial charge on any atom is -0.493 e. The van der Waals surface area contributed by atoms with Gasteiger partial charge in [-0.2, -0.15) is 0 Å². The molecule has 2 aromatic carbocycles. The van der Waals surface area contributed by atoms with Crippen LogP contribution < -0.4 is 14.8 Å². The molecule has 1 N–H and O–H groups in total. The summed E-state index contributed by atoms with van der Waals surface area (Å²) in [6.07, 6.45) is 6.57. The number of hydrogen-bond donors (Lipinski definition) is 1. The summed E-state index contributed by atoms with van der Waals surface area (Å²) >= 11 is 0. The van der Waals surface area contributed by atoms with Crippen LogP contribution in [-0.2, 0) is 11.2 Å². The summed E-state index contributed by atoms with van der Waals surface area (Å²) < 4.78 is 17.4. The monoisotopic (exact) mass is 491 g/mol. The highest BCUT2D eigenvalue weighted by Crippen LogP contribution is 2.44. The molecule has 2 aliphatic carbocycles. The molecular formula is C28H33N3O5.